The third-order valence-electron chi connectivity index (χ3n) is 6.33. The van der Waals surface area contributed by atoms with Crippen LogP contribution in [-0.2, 0) is 26.2 Å². The van der Waals surface area contributed by atoms with Crippen LogP contribution in [0.4, 0.5) is 5.69 Å². The molecule has 3 rings (SSSR count). The Hall–Kier alpha value is -3.07. The zero-order valence-corrected chi connectivity index (χ0v) is 24.7. The summed E-state index contributed by atoms with van der Waals surface area (Å²) in [6.07, 6.45) is 0. The number of halogens is 2. The Bertz CT molecular complexity index is 1400. The minimum atomic E-state index is -4.12. The molecule has 0 aromatic heterocycles. The number of rotatable bonds is 11. The van der Waals surface area contributed by atoms with Crippen molar-refractivity contribution >= 4 is 50.7 Å². The second-order valence-electron chi connectivity index (χ2n) is 9.40. The van der Waals surface area contributed by atoms with Crippen LogP contribution in [0.2, 0.25) is 10.0 Å². The number of nitrogens with one attached hydrogen (secondary N) is 1. The van der Waals surface area contributed by atoms with Gasteiger partial charge in [0.2, 0.25) is 11.8 Å². The molecule has 7 nitrogen and oxygen atoms in total. The standard InChI is InChI=1S/C29H33Cl2N3O4S/c1-5-32-29(36)21(4)33(18-23-11-14-24(30)17-27(23)31)28(35)19-34(25-15-12-22(13-16-25)20(2)3)39(37,38)26-9-7-6-8-10-26/h6-17,20-21H,5,18-19H2,1-4H3,(H,32,36)/t21-/m0/s1. The Kier molecular flexibility index (Phi) is 10.4. The molecule has 0 radical (unpaired) electrons. The van der Waals surface area contributed by atoms with E-state index in [1.54, 1.807) is 62.4 Å². The summed E-state index contributed by atoms with van der Waals surface area (Å²) in [5.41, 5.74) is 1.95. The molecular weight excluding hydrogens is 557 g/mol. The first-order valence-electron chi connectivity index (χ1n) is 12.6. The van der Waals surface area contributed by atoms with Crippen molar-refractivity contribution in [2.45, 2.75) is 51.1 Å². The lowest BCUT2D eigenvalue weighted by molar-refractivity contribution is -0.139. The fraction of sp³-hybridized carbons (Fsp3) is 0.310. The maximum Gasteiger partial charge on any atom is 0.264 e. The van der Waals surface area contributed by atoms with Gasteiger partial charge in [0, 0.05) is 23.1 Å². The lowest BCUT2D eigenvalue weighted by Crippen LogP contribution is -2.51. The Morgan fingerprint density at radius 3 is 2.13 bits per heavy atom. The largest absolute Gasteiger partial charge is 0.355 e. The Morgan fingerprint density at radius 2 is 1.56 bits per heavy atom. The van der Waals surface area contributed by atoms with Crippen molar-refractivity contribution in [2.75, 3.05) is 17.4 Å². The average Bonchev–Trinajstić information content (AvgIpc) is 2.91. The SMILES string of the molecule is CCNC(=O)[C@H](C)N(Cc1ccc(Cl)cc1Cl)C(=O)CN(c1ccc(C(C)C)cc1)S(=O)(=O)c1ccccc1. The molecular formula is C29H33Cl2N3O4S. The molecule has 1 N–H and O–H groups in total. The molecule has 0 heterocycles. The minimum absolute atomic E-state index is 0.0152. The number of likely N-dealkylation sites (N-methyl/N-ethyl adjacent to an activating group) is 1. The molecule has 0 unspecified atom stereocenters. The predicted octanol–water partition coefficient (Wildman–Crippen LogP) is 5.87. The predicted molar refractivity (Wildman–Crippen MR) is 157 cm³/mol. The summed E-state index contributed by atoms with van der Waals surface area (Å²) >= 11 is 12.4. The topological polar surface area (TPSA) is 86.8 Å². The van der Waals surface area contributed by atoms with Crippen molar-refractivity contribution in [2.24, 2.45) is 0 Å². The highest BCUT2D eigenvalue weighted by molar-refractivity contribution is 7.92. The van der Waals surface area contributed by atoms with Crippen LogP contribution in [0.3, 0.4) is 0 Å². The molecule has 0 aliphatic rings. The fourth-order valence-corrected chi connectivity index (χ4v) is 5.92. The molecule has 3 aromatic carbocycles. The fourth-order valence-electron chi connectivity index (χ4n) is 4.01. The number of benzene rings is 3. The zero-order chi connectivity index (χ0) is 28.7. The number of amides is 2. The van der Waals surface area contributed by atoms with Gasteiger partial charge >= 0.3 is 0 Å². The van der Waals surface area contributed by atoms with Crippen LogP contribution in [-0.4, -0.2) is 44.3 Å². The van der Waals surface area contributed by atoms with Crippen molar-refractivity contribution in [3.63, 3.8) is 0 Å². The smallest absolute Gasteiger partial charge is 0.264 e. The monoisotopic (exact) mass is 589 g/mol. The van der Waals surface area contributed by atoms with Gasteiger partial charge in [-0.05, 0) is 67.3 Å². The molecule has 208 valence electrons. The number of anilines is 1. The van der Waals surface area contributed by atoms with E-state index in [2.05, 4.69) is 5.32 Å². The van der Waals surface area contributed by atoms with Gasteiger partial charge in [-0.25, -0.2) is 8.42 Å². The van der Waals surface area contributed by atoms with Crippen molar-refractivity contribution in [1.82, 2.24) is 10.2 Å². The van der Waals surface area contributed by atoms with Crippen LogP contribution >= 0.6 is 23.2 Å². The van der Waals surface area contributed by atoms with Crippen LogP contribution in [0.5, 0.6) is 0 Å². The van der Waals surface area contributed by atoms with Gasteiger partial charge in [0.05, 0.1) is 10.6 Å². The highest BCUT2D eigenvalue weighted by atomic mass is 35.5. The molecule has 0 fully saturated rings. The van der Waals surface area contributed by atoms with E-state index in [1.165, 1.54) is 17.0 Å². The van der Waals surface area contributed by atoms with Crippen LogP contribution in [0.15, 0.2) is 77.7 Å². The molecule has 0 bridgehead atoms. The molecule has 0 saturated carbocycles. The first-order valence-corrected chi connectivity index (χ1v) is 14.8. The van der Waals surface area contributed by atoms with E-state index in [0.717, 1.165) is 9.87 Å². The normalized spacial score (nSPS) is 12.2. The Morgan fingerprint density at radius 1 is 0.923 bits per heavy atom. The quantitative estimate of drug-likeness (QED) is 0.303. The second-order valence-corrected chi connectivity index (χ2v) is 12.1. The number of carbonyl (C=O) groups excluding carboxylic acids is 2. The van der Waals surface area contributed by atoms with E-state index in [4.69, 9.17) is 23.2 Å². The summed E-state index contributed by atoms with van der Waals surface area (Å²) in [4.78, 5) is 28.1. The van der Waals surface area contributed by atoms with Gasteiger partial charge in [-0.2, -0.15) is 0 Å². The molecule has 0 aliphatic carbocycles. The van der Waals surface area contributed by atoms with Gasteiger partial charge in [-0.15, -0.1) is 0 Å². The summed E-state index contributed by atoms with van der Waals surface area (Å²) in [5, 5.41) is 3.50. The maximum absolute atomic E-state index is 13.9. The van der Waals surface area contributed by atoms with Crippen molar-refractivity contribution < 1.29 is 18.0 Å². The van der Waals surface area contributed by atoms with Gasteiger partial charge < -0.3 is 10.2 Å². The molecule has 2 amide bonds. The van der Waals surface area contributed by atoms with E-state index in [9.17, 15) is 18.0 Å². The van der Waals surface area contributed by atoms with Gasteiger partial charge in [-0.1, -0.05) is 73.4 Å². The summed E-state index contributed by atoms with van der Waals surface area (Å²) in [6.45, 7) is 7.30. The van der Waals surface area contributed by atoms with Crippen LogP contribution < -0.4 is 9.62 Å². The Balaban J connectivity index is 2.05. The van der Waals surface area contributed by atoms with E-state index in [0.29, 0.717) is 27.8 Å². The van der Waals surface area contributed by atoms with Gasteiger partial charge in [-0.3, -0.25) is 13.9 Å². The second kappa shape index (κ2) is 13.3. The summed E-state index contributed by atoms with van der Waals surface area (Å²) < 4.78 is 28.7. The number of sulfonamides is 1. The van der Waals surface area contributed by atoms with Gasteiger partial charge in [0.1, 0.15) is 12.6 Å². The van der Waals surface area contributed by atoms with E-state index < -0.39 is 28.5 Å². The summed E-state index contributed by atoms with van der Waals surface area (Å²) in [5.74, 6) is -0.681. The lowest BCUT2D eigenvalue weighted by Gasteiger charge is -2.32. The average molecular weight is 591 g/mol. The van der Waals surface area contributed by atoms with Crippen LogP contribution in [0.1, 0.15) is 44.7 Å². The highest BCUT2D eigenvalue weighted by Crippen LogP contribution is 2.27. The summed E-state index contributed by atoms with van der Waals surface area (Å²) in [7, 11) is -4.12. The first-order chi connectivity index (χ1) is 18.4. The van der Waals surface area contributed by atoms with E-state index >= 15 is 0 Å². The van der Waals surface area contributed by atoms with Crippen molar-refractivity contribution in [3.8, 4) is 0 Å². The summed E-state index contributed by atoms with van der Waals surface area (Å²) in [6, 6.07) is 19.0. The van der Waals surface area contributed by atoms with E-state index in [-0.39, 0.29) is 23.3 Å². The minimum Gasteiger partial charge on any atom is -0.355 e. The molecule has 0 spiro atoms. The molecule has 1 atom stereocenters. The Labute approximate surface area is 240 Å². The number of hydrogen-bond acceptors (Lipinski definition) is 4. The van der Waals surface area contributed by atoms with Crippen molar-refractivity contribution in [3.05, 3.63) is 94.0 Å². The van der Waals surface area contributed by atoms with Crippen LogP contribution in [0.25, 0.3) is 0 Å². The number of hydrogen-bond donors (Lipinski definition) is 1. The van der Waals surface area contributed by atoms with Crippen LogP contribution in [0, 0.1) is 0 Å². The number of carbonyl (C=O) groups is 2. The third kappa shape index (κ3) is 7.53. The molecule has 3 aromatic rings. The van der Waals surface area contributed by atoms with Gasteiger partial charge in [0.15, 0.2) is 0 Å². The van der Waals surface area contributed by atoms with E-state index in [1.807, 2.05) is 26.0 Å². The van der Waals surface area contributed by atoms with Gasteiger partial charge in [0.25, 0.3) is 10.0 Å². The molecule has 10 heteroatoms. The highest BCUT2D eigenvalue weighted by Gasteiger charge is 2.32. The first kappa shape index (κ1) is 30.5. The van der Waals surface area contributed by atoms with Crippen molar-refractivity contribution in [1.29, 1.82) is 0 Å². The number of nitrogens with zero attached hydrogens (tertiary/aromatic N) is 2. The maximum atomic E-state index is 13.9. The lowest BCUT2D eigenvalue weighted by atomic mass is 10.0. The third-order valence-corrected chi connectivity index (χ3v) is 8.71. The molecule has 39 heavy (non-hydrogen) atoms. The zero-order valence-electron chi connectivity index (χ0n) is 22.4. The molecule has 0 aliphatic heterocycles. The molecule has 0 saturated heterocycles.